The third-order valence-corrected chi connectivity index (χ3v) is 3.08. The Morgan fingerprint density at radius 1 is 1.38 bits per heavy atom. The Balaban J connectivity index is 0.00000128. The van der Waals surface area contributed by atoms with E-state index in [1.807, 2.05) is 20.8 Å². The van der Waals surface area contributed by atoms with E-state index in [1.54, 1.807) is 0 Å². The normalized spacial score (nSPS) is 22.7. The van der Waals surface area contributed by atoms with Gasteiger partial charge in [0.1, 0.15) is 5.60 Å². The van der Waals surface area contributed by atoms with E-state index < -0.39 is 5.60 Å². The molecule has 0 radical (unpaired) electrons. The fourth-order valence-electron chi connectivity index (χ4n) is 2.33. The van der Waals surface area contributed by atoms with Crippen LogP contribution in [0.4, 0.5) is 4.79 Å². The first-order chi connectivity index (χ1) is 6.89. The van der Waals surface area contributed by atoms with Gasteiger partial charge in [0.2, 0.25) is 0 Å². The molecule has 2 N–H and O–H groups in total. The number of nitrogens with one attached hydrogen (secondary N) is 2. The lowest BCUT2D eigenvalue weighted by atomic mass is 9.62. The van der Waals surface area contributed by atoms with Crippen LogP contribution in [-0.4, -0.2) is 30.8 Å². The SMILES string of the molecule is CC(C)(C)OC(=O)NC1CC2(CNC2)C1.Cl. The Hall–Kier alpha value is -0.480. The van der Waals surface area contributed by atoms with Crippen LogP contribution in [0.15, 0.2) is 0 Å². The van der Waals surface area contributed by atoms with Gasteiger partial charge in [-0.1, -0.05) is 0 Å². The fourth-order valence-corrected chi connectivity index (χ4v) is 2.33. The van der Waals surface area contributed by atoms with Gasteiger partial charge in [0, 0.05) is 19.1 Å². The Morgan fingerprint density at radius 2 is 1.94 bits per heavy atom. The number of alkyl carbamates (subject to hydrolysis) is 1. The second-order valence-electron chi connectivity index (χ2n) is 5.85. The van der Waals surface area contributed by atoms with E-state index in [9.17, 15) is 4.79 Å². The van der Waals surface area contributed by atoms with Crippen LogP contribution in [-0.2, 0) is 4.74 Å². The molecule has 0 atom stereocenters. The number of hydrogen-bond donors (Lipinski definition) is 2. The molecule has 5 heteroatoms. The maximum absolute atomic E-state index is 11.4. The maximum atomic E-state index is 11.4. The second-order valence-corrected chi connectivity index (χ2v) is 5.85. The van der Waals surface area contributed by atoms with E-state index in [-0.39, 0.29) is 18.5 Å². The van der Waals surface area contributed by atoms with Crippen molar-refractivity contribution in [3.05, 3.63) is 0 Å². The lowest BCUT2D eigenvalue weighted by Gasteiger charge is -2.54. The number of amides is 1. The van der Waals surface area contributed by atoms with Crippen LogP contribution in [0.5, 0.6) is 0 Å². The van der Waals surface area contributed by atoms with Crippen LogP contribution in [0, 0.1) is 5.41 Å². The molecular formula is C11H21ClN2O2. The smallest absolute Gasteiger partial charge is 0.407 e. The average molecular weight is 249 g/mol. The quantitative estimate of drug-likeness (QED) is 0.743. The Labute approximate surface area is 103 Å². The topological polar surface area (TPSA) is 50.4 Å². The zero-order valence-corrected chi connectivity index (χ0v) is 10.9. The molecule has 94 valence electrons. The van der Waals surface area contributed by atoms with E-state index in [1.165, 1.54) is 0 Å². The molecule has 16 heavy (non-hydrogen) atoms. The van der Waals surface area contributed by atoms with Crippen LogP contribution in [0.3, 0.4) is 0 Å². The van der Waals surface area contributed by atoms with Gasteiger partial charge in [-0.3, -0.25) is 0 Å². The summed E-state index contributed by atoms with van der Waals surface area (Å²) >= 11 is 0. The third-order valence-electron chi connectivity index (χ3n) is 3.08. The standard InChI is InChI=1S/C11H20N2O2.ClH/c1-10(2,3)15-9(14)13-8-4-11(5-8)6-12-7-11;/h8,12H,4-7H2,1-3H3,(H,13,14);1H. The largest absolute Gasteiger partial charge is 0.444 e. The molecule has 1 saturated carbocycles. The van der Waals surface area contributed by atoms with Crippen molar-refractivity contribution < 1.29 is 9.53 Å². The molecule has 1 saturated heterocycles. The summed E-state index contributed by atoms with van der Waals surface area (Å²) in [7, 11) is 0. The van der Waals surface area contributed by atoms with E-state index in [0.29, 0.717) is 11.5 Å². The van der Waals surface area contributed by atoms with Gasteiger partial charge in [-0.2, -0.15) is 0 Å². The Morgan fingerprint density at radius 3 is 2.31 bits per heavy atom. The number of halogens is 1. The van der Waals surface area contributed by atoms with Crippen molar-refractivity contribution in [3.63, 3.8) is 0 Å². The van der Waals surface area contributed by atoms with Crippen molar-refractivity contribution in [1.82, 2.24) is 10.6 Å². The summed E-state index contributed by atoms with van der Waals surface area (Å²) in [5, 5.41) is 6.18. The van der Waals surface area contributed by atoms with Gasteiger partial charge >= 0.3 is 6.09 Å². The van der Waals surface area contributed by atoms with E-state index in [4.69, 9.17) is 4.74 Å². The predicted molar refractivity (Wildman–Crippen MR) is 64.9 cm³/mol. The predicted octanol–water partition coefficient (Wildman–Crippen LogP) is 1.68. The molecule has 1 amide bonds. The second kappa shape index (κ2) is 4.41. The van der Waals surface area contributed by atoms with Gasteiger partial charge in [-0.05, 0) is 39.0 Å². The van der Waals surface area contributed by atoms with Gasteiger partial charge in [-0.15, -0.1) is 12.4 Å². The van der Waals surface area contributed by atoms with Gasteiger partial charge in [0.25, 0.3) is 0 Å². The fraction of sp³-hybridized carbons (Fsp3) is 0.909. The number of carbonyl (C=O) groups is 1. The number of carbonyl (C=O) groups excluding carboxylic acids is 1. The van der Waals surface area contributed by atoms with E-state index in [2.05, 4.69) is 10.6 Å². The number of rotatable bonds is 1. The van der Waals surface area contributed by atoms with Gasteiger partial charge < -0.3 is 15.4 Å². The van der Waals surface area contributed by atoms with Crippen molar-refractivity contribution in [3.8, 4) is 0 Å². The zero-order valence-electron chi connectivity index (χ0n) is 10.1. The van der Waals surface area contributed by atoms with Gasteiger partial charge in [0.15, 0.2) is 0 Å². The first-order valence-electron chi connectivity index (χ1n) is 5.59. The van der Waals surface area contributed by atoms with E-state index in [0.717, 1.165) is 25.9 Å². The molecular weight excluding hydrogens is 228 g/mol. The monoisotopic (exact) mass is 248 g/mol. The van der Waals surface area contributed by atoms with Crippen molar-refractivity contribution in [2.75, 3.05) is 13.1 Å². The highest BCUT2D eigenvalue weighted by Gasteiger charge is 2.49. The maximum Gasteiger partial charge on any atom is 0.407 e. The first-order valence-corrected chi connectivity index (χ1v) is 5.59. The summed E-state index contributed by atoms with van der Waals surface area (Å²) in [6, 6.07) is 0.321. The highest BCUT2D eigenvalue weighted by Crippen LogP contribution is 2.44. The molecule has 1 spiro atoms. The van der Waals surface area contributed by atoms with Crippen LogP contribution >= 0.6 is 12.4 Å². The van der Waals surface area contributed by atoms with E-state index >= 15 is 0 Å². The summed E-state index contributed by atoms with van der Waals surface area (Å²) in [6.45, 7) is 7.86. The first kappa shape index (κ1) is 13.6. The minimum Gasteiger partial charge on any atom is -0.444 e. The minimum absolute atomic E-state index is 0. The summed E-state index contributed by atoms with van der Waals surface area (Å²) in [5.74, 6) is 0. The van der Waals surface area contributed by atoms with Crippen molar-refractivity contribution >= 4 is 18.5 Å². The molecule has 1 heterocycles. The molecule has 0 bridgehead atoms. The highest BCUT2D eigenvalue weighted by molar-refractivity contribution is 5.85. The average Bonchev–Trinajstić information content (AvgIpc) is 1.87. The lowest BCUT2D eigenvalue weighted by molar-refractivity contribution is 0.00849. The van der Waals surface area contributed by atoms with Crippen molar-refractivity contribution in [2.45, 2.75) is 45.3 Å². The van der Waals surface area contributed by atoms with Crippen LogP contribution < -0.4 is 10.6 Å². The molecule has 2 rings (SSSR count). The lowest BCUT2D eigenvalue weighted by Crippen LogP contribution is -2.65. The van der Waals surface area contributed by atoms with Crippen molar-refractivity contribution in [2.24, 2.45) is 5.41 Å². The molecule has 4 nitrogen and oxygen atoms in total. The molecule has 1 aliphatic carbocycles. The molecule has 2 aliphatic rings. The van der Waals surface area contributed by atoms with Crippen LogP contribution in [0.1, 0.15) is 33.6 Å². The van der Waals surface area contributed by atoms with Crippen LogP contribution in [0.2, 0.25) is 0 Å². The molecule has 2 fully saturated rings. The zero-order chi connectivity index (χ0) is 11.1. The Bertz CT molecular complexity index is 264. The van der Waals surface area contributed by atoms with Crippen molar-refractivity contribution in [1.29, 1.82) is 0 Å². The number of hydrogen-bond acceptors (Lipinski definition) is 3. The molecule has 0 unspecified atom stereocenters. The summed E-state index contributed by atoms with van der Waals surface area (Å²) in [5.41, 5.74) is 0.100. The van der Waals surface area contributed by atoms with Crippen LogP contribution in [0.25, 0.3) is 0 Å². The summed E-state index contributed by atoms with van der Waals surface area (Å²) in [4.78, 5) is 11.4. The van der Waals surface area contributed by atoms with Gasteiger partial charge in [0.05, 0.1) is 0 Å². The molecule has 0 aromatic carbocycles. The highest BCUT2D eigenvalue weighted by atomic mass is 35.5. The van der Waals surface area contributed by atoms with Gasteiger partial charge in [-0.25, -0.2) is 4.79 Å². The third kappa shape index (κ3) is 3.01. The molecule has 0 aromatic rings. The molecule has 1 aliphatic heterocycles. The summed E-state index contributed by atoms with van der Waals surface area (Å²) < 4.78 is 5.20. The molecule has 0 aromatic heterocycles. The summed E-state index contributed by atoms with van der Waals surface area (Å²) in [6.07, 6.45) is 1.91. The minimum atomic E-state index is -0.399. The number of ether oxygens (including phenoxy) is 1. The Kier molecular flexibility index (Phi) is 3.75.